The molecule has 0 aromatic carbocycles. The summed E-state index contributed by atoms with van der Waals surface area (Å²) in [5, 5.41) is 9.87. The van der Waals surface area contributed by atoms with Crippen molar-refractivity contribution in [2.45, 2.75) is 98.3 Å². The molecule has 0 bridgehead atoms. The Morgan fingerprint density at radius 1 is 0.905 bits per heavy atom. The van der Waals surface area contributed by atoms with Crippen molar-refractivity contribution in [1.29, 1.82) is 0 Å². The standard InChI is InChI=1S/C35H65N5O2/c1-8-40(33(42)38-19-9-23-39(6)7)32(41)25(2)29-12-13-30-28-11-10-27-24-26(16-20-37-22-21-36-5)14-17-34(27,3)31(28)15-18-35(29,30)4/h25-31,36-37H,8-24H2,1-7H3,(H,38,42)/t25?,26?,27-,28?,29+,30?,31?,34-,35+/m0/s1. The van der Waals surface area contributed by atoms with Crippen LogP contribution in [0.5, 0.6) is 0 Å². The zero-order valence-corrected chi connectivity index (χ0v) is 28.3. The molecule has 3 N–H and O–H groups in total. The van der Waals surface area contributed by atoms with Crippen LogP contribution in [0.2, 0.25) is 0 Å². The van der Waals surface area contributed by atoms with Gasteiger partial charge in [-0.25, -0.2) is 4.79 Å². The first kappa shape index (κ1) is 33.7. The molecule has 0 saturated heterocycles. The minimum atomic E-state index is -0.216. The molecule has 7 heteroatoms. The normalized spacial score (nSPS) is 36.6. The quantitative estimate of drug-likeness (QED) is 0.244. The molecule has 0 spiro atoms. The van der Waals surface area contributed by atoms with E-state index in [1.165, 1.54) is 62.7 Å². The number of amides is 3. The highest BCUT2D eigenvalue weighted by atomic mass is 16.2. The highest BCUT2D eigenvalue weighted by molar-refractivity contribution is 5.95. The van der Waals surface area contributed by atoms with Crippen molar-refractivity contribution in [3.8, 4) is 0 Å². The highest BCUT2D eigenvalue weighted by Gasteiger charge is 2.61. The van der Waals surface area contributed by atoms with E-state index in [-0.39, 0.29) is 23.3 Å². The Labute approximate surface area is 258 Å². The van der Waals surface area contributed by atoms with Crippen LogP contribution in [-0.2, 0) is 4.79 Å². The number of rotatable bonds is 13. The van der Waals surface area contributed by atoms with Crippen LogP contribution in [0.1, 0.15) is 98.3 Å². The lowest BCUT2D eigenvalue weighted by molar-refractivity contribution is -0.140. The molecule has 0 heterocycles. The molecule has 4 aliphatic rings. The number of nitrogens with one attached hydrogen (secondary N) is 3. The number of carbonyl (C=O) groups is 2. The smallest absolute Gasteiger partial charge is 0.324 e. The lowest BCUT2D eigenvalue weighted by atomic mass is 9.44. The molecule has 4 aliphatic carbocycles. The summed E-state index contributed by atoms with van der Waals surface area (Å²) in [6.07, 6.45) is 14.3. The number of likely N-dealkylation sites (N-methyl/N-ethyl adjacent to an activating group) is 1. The first-order valence-electron chi connectivity index (χ1n) is 17.7. The van der Waals surface area contributed by atoms with Gasteiger partial charge in [0.2, 0.25) is 5.91 Å². The number of carbonyl (C=O) groups excluding carboxylic acids is 2. The van der Waals surface area contributed by atoms with Crippen LogP contribution in [0.25, 0.3) is 0 Å². The summed E-state index contributed by atoms with van der Waals surface area (Å²) >= 11 is 0. The van der Waals surface area contributed by atoms with Crippen LogP contribution in [-0.4, -0.2) is 82.1 Å². The molecule has 7 nitrogen and oxygen atoms in total. The van der Waals surface area contributed by atoms with Gasteiger partial charge in [-0.1, -0.05) is 20.8 Å². The van der Waals surface area contributed by atoms with E-state index in [0.29, 0.717) is 24.4 Å². The van der Waals surface area contributed by atoms with E-state index in [2.05, 4.69) is 41.6 Å². The number of fused-ring (bicyclic) bond motifs is 5. The van der Waals surface area contributed by atoms with Gasteiger partial charge in [0, 0.05) is 32.1 Å². The third-order valence-corrected chi connectivity index (χ3v) is 13.0. The second-order valence-corrected chi connectivity index (χ2v) is 15.4. The van der Waals surface area contributed by atoms with Gasteiger partial charge in [-0.05, 0) is 158 Å². The number of hydrogen-bond acceptors (Lipinski definition) is 5. The molecule has 242 valence electrons. The Morgan fingerprint density at radius 3 is 2.36 bits per heavy atom. The fourth-order valence-electron chi connectivity index (χ4n) is 10.6. The summed E-state index contributed by atoms with van der Waals surface area (Å²) in [5.41, 5.74) is 0.723. The van der Waals surface area contributed by atoms with E-state index in [9.17, 15) is 9.59 Å². The number of nitrogens with zero attached hydrogens (tertiary/aromatic N) is 2. The average molecular weight is 588 g/mol. The molecule has 0 aromatic rings. The monoisotopic (exact) mass is 588 g/mol. The Hall–Kier alpha value is -1.18. The predicted octanol–water partition coefficient (Wildman–Crippen LogP) is 5.61. The number of urea groups is 1. The maximum absolute atomic E-state index is 13.8. The van der Waals surface area contributed by atoms with E-state index >= 15 is 0 Å². The molecule has 0 radical (unpaired) electrons. The maximum Gasteiger partial charge on any atom is 0.324 e. The molecule has 0 aromatic heterocycles. The van der Waals surface area contributed by atoms with Crippen molar-refractivity contribution in [2.75, 3.05) is 60.4 Å². The van der Waals surface area contributed by atoms with Gasteiger partial charge in [0.25, 0.3) is 0 Å². The van der Waals surface area contributed by atoms with Gasteiger partial charge in [0.15, 0.2) is 0 Å². The lowest BCUT2D eigenvalue weighted by Gasteiger charge is -2.61. The second-order valence-electron chi connectivity index (χ2n) is 15.4. The van der Waals surface area contributed by atoms with Gasteiger partial charge in [-0.2, -0.15) is 0 Å². The first-order chi connectivity index (χ1) is 20.1. The summed E-state index contributed by atoms with van der Waals surface area (Å²) < 4.78 is 0. The summed E-state index contributed by atoms with van der Waals surface area (Å²) in [5.74, 6) is 4.50. The third-order valence-electron chi connectivity index (χ3n) is 13.0. The Kier molecular flexibility index (Phi) is 11.8. The summed E-state index contributed by atoms with van der Waals surface area (Å²) in [6.45, 7) is 14.5. The van der Waals surface area contributed by atoms with Gasteiger partial charge >= 0.3 is 6.03 Å². The highest BCUT2D eigenvalue weighted by Crippen LogP contribution is 2.68. The Morgan fingerprint density at radius 2 is 1.64 bits per heavy atom. The first-order valence-corrected chi connectivity index (χ1v) is 17.7. The van der Waals surface area contributed by atoms with E-state index < -0.39 is 0 Å². The van der Waals surface area contributed by atoms with Crippen LogP contribution < -0.4 is 16.0 Å². The van der Waals surface area contributed by atoms with Crippen LogP contribution in [0.15, 0.2) is 0 Å². The fraction of sp³-hybridized carbons (Fsp3) is 0.943. The van der Waals surface area contributed by atoms with Gasteiger partial charge in [0.1, 0.15) is 0 Å². The minimum Gasteiger partial charge on any atom is -0.338 e. The van der Waals surface area contributed by atoms with Crippen molar-refractivity contribution in [2.24, 2.45) is 52.3 Å². The molecular formula is C35H65N5O2. The number of hydrogen-bond donors (Lipinski definition) is 3. The Balaban J connectivity index is 1.35. The third kappa shape index (κ3) is 7.04. The molecule has 42 heavy (non-hydrogen) atoms. The van der Waals surface area contributed by atoms with Gasteiger partial charge in [0.05, 0.1) is 0 Å². The van der Waals surface area contributed by atoms with E-state index in [4.69, 9.17) is 0 Å². The van der Waals surface area contributed by atoms with Crippen molar-refractivity contribution in [3.63, 3.8) is 0 Å². The van der Waals surface area contributed by atoms with Crippen molar-refractivity contribution in [1.82, 2.24) is 25.8 Å². The average Bonchev–Trinajstić information content (AvgIpc) is 3.32. The molecule has 4 rings (SSSR count). The van der Waals surface area contributed by atoms with E-state index in [1.54, 1.807) is 0 Å². The molecule has 4 saturated carbocycles. The fourth-order valence-corrected chi connectivity index (χ4v) is 10.6. The van der Waals surface area contributed by atoms with Crippen LogP contribution >= 0.6 is 0 Å². The largest absolute Gasteiger partial charge is 0.338 e. The van der Waals surface area contributed by atoms with Gasteiger partial charge in [-0.3, -0.25) is 9.69 Å². The molecule has 0 aliphatic heterocycles. The zero-order valence-electron chi connectivity index (χ0n) is 28.3. The molecule has 4 fully saturated rings. The van der Waals surface area contributed by atoms with Crippen LogP contribution in [0.4, 0.5) is 4.79 Å². The van der Waals surface area contributed by atoms with Crippen molar-refractivity contribution >= 4 is 11.9 Å². The zero-order chi connectivity index (χ0) is 30.5. The summed E-state index contributed by atoms with van der Waals surface area (Å²) in [4.78, 5) is 30.4. The second kappa shape index (κ2) is 14.7. The van der Waals surface area contributed by atoms with Crippen LogP contribution in [0.3, 0.4) is 0 Å². The molecular weight excluding hydrogens is 522 g/mol. The summed E-state index contributed by atoms with van der Waals surface area (Å²) in [7, 11) is 6.10. The molecule has 3 amide bonds. The van der Waals surface area contributed by atoms with Crippen LogP contribution in [0, 0.1) is 52.3 Å². The van der Waals surface area contributed by atoms with E-state index in [0.717, 1.165) is 68.6 Å². The molecule has 5 unspecified atom stereocenters. The van der Waals surface area contributed by atoms with Crippen molar-refractivity contribution in [3.05, 3.63) is 0 Å². The Bertz CT molecular complexity index is 897. The topological polar surface area (TPSA) is 76.7 Å². The number of imide groups is 1. The van der Waals surface area contributed by atoms with E-state index in [1.807, 2.05) is 28.1 Å². The van der Waals surface area contributed by atoms with Gasteiger partial charge in [-0.15, -0.1) is 0 Å². The molecule has 9 atom stereocenters. The maximum atomic E-state index is 13.8. The lowest BCUT2D eigenvalue weighted by Crippen LogP contribution is -2.54. The predicted molar refractivity (Wildman–Crippen MR) is 173 cm³/mol. The summed E-state index contributed by atoms with van der Waals surface area (Å²) in [6, 6.07) is -0.216. The SMILES string of the molecule is CCN(C(=O)NCCCN(C)C)C(=O)C(C)[C@H]1CCC2C3CC[C@H]4CC(CCNCCNC)CC[C@]4(C)C3CC[C@@]21C. The van der Waals surface area contributed by atoms with Crippen molar-refractivity contribution < 1.29 is 9.59 Å². The minimum absolute atomic E-state index is 0.0334. The van der Waals surface area contributed by atoms with Gasteiger partial charge < -0.3 is 20.9 Å².